The maximum absolute atomic E-state index is 13.6. The van der Waals surface area contributed by atoms with Gasteiger partial charge < -0.3 is 19.6 Å². The molecule has 1 N–H and O–H groups in total. The lowest BCUT2D eigenvalue weighted by atomic mass is 9.97. The Morgan fingerprint density at radius 2 is 1.77 bits per heavy atom. The number of urea groups is 1. The molecule has 0 radical (unpaired) electrons. The SMILES string of the molecule is CC(C)C[C@@H]1CN(C2CCOCC2)C(=O)N1C1CCN(Cc2ccc(Sc3ccc(C(=O)O)cc3)nc2)CC1. The minimum Gasteiger partial charge on any atom is -0.478 e. The first kappa shape index (κ1) is 27.9. The second-order valence-electron chi connectivity index (χ2n) is 11.4. The molecule has 210 valence electrons. The Labute approximate surface area is 235 Å². The van der Waals surface area contributed by atoms with Crippen molar-refractivity contribution in [3.63, 3.8) is 0 Å². The van der Waals surface area contributed by atoms with E-state index >= 15 is 0 Å². The summed E-state index contributed by atoms with van der Waals surface area (Å²) in [7, 11) is 0. The van der Waals surface area contributed by atoms with Crippen LogP contribution in [-0.4, -0.2) is 87.8 Å². The fraction of sp³-hybridized carbons (Fsp3) is 0.567. The molecule has 3 aliphatic rings. The molecule has 2 aromatic rings. The van der Waals surface area contributed by atoms with Gasteiger partial charge in [0.15, 0.2) is 0 Å². The normalized spacial score (nSPS) is 21.7. The van der Waals surface area contributed by atoms with Gasteiger partial charge in [0, 0.05) is 62.6 Å². The van der Waals surface area contributed by atoms with Gasteiger partial charge in [-0.1, -0.05) is 31.7 Å². The summed E-state index contributed by atoms with van der Waals surface area (Å²) in [5.41, 5.74) is 1.47. The molecule has 0 bridgehead atoms. The Kier molecular flexibility index (Phi) is 9.10. The van der Waals surface area contributed by atoms with Gasteiger partial charge in [0.1, 0.15) is 5.03 Å². The highest BCUT2D eigenvalue weighted by Gasteiger charge is 2.44. The summed E-state index contributed by atoms with van der Waals surface area (Å²) in [6.45, 7) is 9.72. The standard InChI is InChI=1S/C30H40N4O4S/c1-21(2)17-26-20-33(24-11-15-38-16-12-24)30(37)34(26)25-9-13-32(14-10-25)19-22-3-8-28(31-18-22)39-27-6-4-23(5-7-27)29(35)36/h3-8,18,21,24-26H,9-17,19-20H2,1-2H3,(H,35,36)/t26-/m1/s1. The minimum atomic E-state index is -0.919. The smallest absolute Gasteiger partial charge is 0.335 e. The molecule has 0 saturated carbocycles. The van der Waals surface area contributed by atoms with Crippen LogP contribution >= 0.6 is 11.8 Å². The summed E-state index contributed by atoms with van der Waals surface area (Å²) in [6.07, 6.45) is 6.93. The summed E-state index contributed by atoms with van der Waals surface area (Å²) in [6, 6.07) is 12.2. The molecule has 3 aliphatic heterocycles. The van der Waals surface area contributed by atoms with Gasteiger partial charge in [-0.05, 0) is 73.9 Å². The Balaban J connectivity index is 1.14. The van der Waals surface area contributed by atoms with E-state index < -0.39 is 5.97 Å². The molecule has 1 aromatic heterocycles. The molecular formula is C30H40N4O4S. The average Bonchev–Trinajstić information content (AvgIpc) is 3.26. The lowest BCUT2D eigenvalue weighted by Crippen LogP contribution is -2.50. The third-order valence-electron chi connectivity index (χ3n) is 8.12. The van der Waals surface area contributed by atoms with E-state index in [0.717, 1.165) is 81.4 Å². The van der Waals surface area contributed by atoms with E-state index in [4.69, 9.17) is 9.84 Å². The predicted molar refractivity (Wildman–Crippen MR) is 151 cm³/mol. The lowest BCUT2D eigenvalue weighted by Gasteiger charge is -2.39. The number of amides is 2. The highest BCUT2D eigenvalue weighted by Crippen LogP contribution is 2.32. The molecule has 39 heavy (non-hydrogen) atoms. The zero-order valence-corrected chi connectivity index (χ0v) is 23.8. The van der Waals surface area contributed by atoms with Crippen LogP contribution in [0.2, 0.25) is 0 Å². The van der Waals surface area contributed by atoms with Crippen molar-refractivity contribution >= 4 is 23.8 Å². The van der Waals surface area contributed by atoms with E-state index in [1.54, 1.807) is 12.1 Å². The highest BCUT2D eigenvalue weighted by atomic mass is 32.2. The summed E-state index contributed by atoms with van der Waals surface area (Å²) in [5.74, 6) is -0.352. The molecule has 1 aromatic carbocycles. The molecule has 4 heterocycles. The topological polar surface area (TPSA) is 86.2 Å². The van der Waals surface area contributed by atoms with Crippen LogP contribution in [0.3, 0.4) is 0 Å². The van der Waals surface area contributed by atoms with E-state index in [2.05, 4.69) is 39.6 Å². The van der Waals surface area contributed by atoms with Gasteiger partial charge >= 0.3 is 12.0 Å². The first-order valence-electron chi connectivity index (χ1n) is 14.2. The number of aromatic nitrogens is 1. The number of carboxylic acid groups (broad SMARTS) is 1. The van der Waals surface area contributed by atoms with Crippen molar-refractivity contribution in [3.05, 3.63) is 53.7 Å². The lowest BCUT2D eigenvalue weighted by molar-refractivity contribution is 0.0493. The number of carbonyl (C=O) groups is 2. The monoisotopic (exact) mass is 552 g/mol. The van der Waals surface area contributed by atoms with Gasteiger partial charge in [0.05, 0.1) is 11.6 Å². The number of benzene rings is 1. The summed E-state index contributed by atoms with van der Waals surface area (Å²) < 4.78 is 5.55. The molecule has 3 saturated heterocycles. The van der Waals surface area contributed by atoms with Crippen molar-refractivity contribution in [2.24, 2.45) is 5.92 Å². The van der Waals surface area contributed by atoms with Crippen molar-refractivity contribution in [3.8, 4) is 0 Å². The van der Waals surface area contributed by atoms with Crippen LogP contribution in [0.5, 0.6) is 0 Å². The molecule has 9 heteroatoms. The fourth-order valence-electron chi connectivity index (χ4n) is 6.15. The van der Waals surface area contributed by atoms with Crippen LogP contribution < -0.4 is 0 Å². The molecule has 0 unspecified atom stereocenters. The quantitative estimate of drug-likeness (QED) is 0.456. The van der Waals surface area contributed by atoms with Gasteiger partial charge in [-0.3, -0.25) is 4.90 Å². The number of nitrogens with zero attached hydrogens (tertiary/aromatic N) is 4. The number of rotatable bonds is 9. The molecule has 0 spiro atoms. The van der Waals surface area contributed by atoms with E-state index in [0.29, 0.717) is 24.0 Å². The number of hydrogen-bond donors (Lipinski definition) is 1. The number of piperidine rings is 1. The number of pyridine rings is 1. The molecule has 0 aliphatic carbocycles. The third kappa shape index (κ3) is 6.94. The van der Waals surface area contributed by atoms with Crippen LogP contribution in [0.25, 0.3) is 0 Å². The van der Waals surface area contributed by atoms with Crippen LogP contribution in [0.4, 0.5) is 4.79 Å². The maximum atomic E-state index is 13.6. The van der Waals surface area contributed by atoms with E-state index in [1.165, 1.54) is 17.3 Å². The van der Waals surface area contributed by atoms with Crippen molar-refractivity contribution in [1.29, 1.82) is 0 Å². The van der Waals surface area contributed by atoms with Gasteiger partial charge in [-0.2, -0.15) is 0 Å². The fourth-order valence-corrected chi connectivity index (χ4v) is 6.91. The zero-order valence-electron chi connectivity index (χ0n) is 23.0. The van der Waals surface area contributed by atoms with Crippen LogP contribution in [0, 0.1) is 5.92 Å². The van der Waals surface area contributed by atoms with Crippen molar-refractivity contribution in [1.82, 2.24) is 19.7 Å². The molecular weight excluding hydrogens is 512 g/mol. The van der Waals surface area contributed by atoms with E-state index in [-0.39, 0.29) is 11.6 Å². The van der Waals surface area contributed by atoms with Crippen molar-refractivity contribution in [2.75, 3.05) is 32.8 Å². The molecule has 8 nitrogen and oxygen atoms in total. The number of hydrogen-bond acceptors (Lipinski definition) is 6. The van der Waals surface area contributed by atoms with Gasteiger partial charge in [0.2, 0.25) is 0 Å². The number of aromatic carboxylic acids is 1. The average molecular weight is 553 g/mol. The molecule has 5 rings (SSSR count). The van der Waals surface area contributed by atoms with Crippen LogP contribution in [0.1, 0.15) is 61.9 Å². The minimum absolute atomic E-state index is 0.251. The number of likely N-dealkylation sites (tertiary alicyclic amines) is 1. The number of carboxylic acids is 1. The van der Waals surface area contributed by atoms with E-state index in [9.17, 15) is 9.59 Å². The molecule has 2 amide bonds. The zero-order chi connectivity index (χ0) is 27.4. The summed E-state index contributed by atoms with van der Waals surface area (Å²) in [4.78, 5) is 37.2. The Morgan fingerprint density at radius 3 is 2.38 bits per heavy atom. The van der Waals surface area contributed by atoms with Gasteiger partial charge in [-0.15, -0.1) is 0 Å². The van der Waals surface area contributed by atoms with Crippen LogP contribution in [-0.2, 0) is 11.3 Å². The third-order valence-corrected chi connectivity index (χ3v) is 9.08. The first-order chi connectivity index (χ1) is 18.9. The second-order valence-corrected chi connectivity index (χ2v) is 12.5. The largest absolute Gasteiger partial charge is 0.478 e. The first-order valence-corrected chi connectivity index (χ1v) is 15.0. The Bertz CT molecular complexity index is 1110. The molecule has 3 fully saturated rings. The van der Waals surface area contributed by atoms with Gasteiger partial charge in [0.25, 0.3) is 0 Å². The van der Waals surface area contributed by atoms with Crippen molar-refractivity contribution in [2.45, 2.75) is 80.5 Å². The summed E-state index contributed by atoms with van der Waals surface area (Å²) >= 11 is 1.53. The Hall–Kier alpha value is -2.62. The highest BCUT2D eigenvalue weighted by molar-refractivity contribution is 7.99. The number of ether oxygens (including phenoxy) is 1. The maximum Gasteiger partial charge on any atom is 0.335 e. The van der Waals surface area contributed by atoms with Gasteiger partial charge in [-0.25, -0.2) is 14.6 Å². The summed E-state index contributed by atoms with van der Waals surface area (Å²) in [5, 5.41) is 9.96. The van der Waals surface area contributed by atoms with Crippen LogP contribution in [0.15, 0.2) is 52.5 Å². The van der Waals surface area contributed by atoms with E-state index in [1.807, 2.05) is 24.4 Å². The second kappa shape index (κ2) is 12.7. The Morgan fingerprint density at radius 1 is 1.05 bits per heavy atom. The molecule has 1 atom stereocenters. The number of carbonyl (C=O) groups excluding carboxylic acids is 1. The van der Waals surface area contributed by atoms with Crippen molar-refractivity contribution < 1.29 is 19.4 Å². The predicted octanol–water partition coefficient (Wildman–Crippen LogP) is 5.23.